The standard InChI is InChI=1S/C13H9F4N/c14-9-2-1-8(12(16)5-9)7-18-10-3-4-11(15)13(17)6-10/h1-6,18H,7H2. The zero-order valence-corrected chi connectivity index (χ0v) is 9.18. The summed E-state index contributed by atoms with van der Waals surface area (Å²) in [5, 5.41) is 2.72. The molecule has 0 aromatic heterocycles. The minimum absolute atomic E-state index is 0.0528. The highest BCUT2D eigenvalue weighted by molar-refractivity contribution is 5.44. The van der Waals surface area contributed by atoms with Crippen LogP contribution >= 0.6 is 0 Å². The van der Waals surface area contributed by atoms with Crippen LogP contribution in [-0.4, -0.2) is 0 Å². The summed E-state index contributed by atoms with van der Waals surface area (Å²) < 4.78 is 51.5. The van der Waals surface area contributed by atoms with Crippen molar-refractivity contribution in [1.82, 2.24) is 0 Å². The molecule has 0 bridgehead atoms. The Labute approximate surface area is 101 Å². The Morgan fingerprint density at radius 1 is 0.778 bits per heavy atom. The second kappa shape index (κ2) is 5.08. The van der Waals surface area contributed by atoms with Crippen molar-refractivity contribution in [2.75, 3.05) is 5.32 Å². The molecule has 0 unspecified atom stereocenters. The van der Waals surface area contributed by atoms with Crippen molar-refractivity contribution in [3.05, 3.63) is 65.2 Å². The molecule has 0 aliphatic carbocycles. The zero-order valence-electron chi connectivity index (χ0n) is 9.18. The lowest BCUT2D eigenvalue weighted by Crippen LogP contribution is -2.02. The van der Waals surface area contributed by atoms with Gasteiger partial charge < -0.3 is 5.32 Å². The van der Waals surface area contributed by atoms with Gasteiger partial charge in [-0.15, -0.1) is 0 Å². The van der Waals surface area contributed by atoms with Gasteiger partial charge in [-0.05, 0) is 18.2 Å². The van der Waals surface area contributed by atoms with E-state index < -0.39 is 23.3 Å². The molecule has 0 aliphatic rings. The van der Waals surface area contributed by atoms with Crippen LogP contribution in [0.4, 0.5) is 23.2 Å². The molecule has 0 spiro atoms. The molecule has 1 N–H and O–H groups in total. The van der Waals surface area contributed by atoms with Crippen LogP contribution in [0.5, 0.6) is 0 Å². The second-order valence-corrected chi connectivity index (χ2v) is 3.72. The van der Waals surface area contributed by atoms with Crippen molar-refractivity contribution in [2.24, 2.45) is 0 Å². The summed E-state index contributed by atoms with van der Waals surface area (Å²) in [6.07, 6.45) is 0. The Hall–Kier alpha value is -2.04. The van der Waals surface area contributed by atoms with Gasteiger partial charge in [0.15, 0.2) is 11.6 Å². The molecule has 1 nitrogen and oxygen atoms in total. The summed E-state index contributed by atoms with van der Waals surface area (Å²) in [6, 6.07) is 6.46. The first-order valence-corrected chi connectivity index (χ1v) is 5.19. The van der Waals surface area contributed by atoms with Gasteiger partial charge in [-0.25, -0.2) is 17.6 Å². The summed E-state index contributed by atoms with van der Waals surface area (Å²) in [4.78, 5) is 0. The molecule has 18 heavy (non-hydrogen) atoms. The largest absolute Gasteiger partial charge is 0.381 e. The van der Waals surface area contributed by atoms with E-state index in [1.807, 2.05) is 0 Å². The fourth-order valence-electron chi connectivity index (χ4n) is 1.47. The van der Waals surface area contributed by atoms with E-state index in [4.69, 9.17) is 0 Å². The first kappa shape index (κ1) is 12.4. The normalized spacial score (nSPS) is 10.4. The topological polar surface area (TPSA) is 12.0 Å². The summed E-state index contributed by atoms with van der Waals surface area (Å²) in [5.74, 6) is -3.29. The van der Waals surface area contributed by atoms with Crippen molar-refractivity contribution >= 4 is 5.69 Å². The molecule has 0 heterocycles. The van der Waals surface area contributed by atoms with Crippen LogP contribution in [0.3, 0.4) is 0 Å². The molecular weight excluding hydrogens is 246 g/mol. The van der Waals surface area contributed by atoms with E-state index >= 15 is 0 Å². The van der Waals surface area contributed by atoms with Crippen molar-refractivity contribution < 1.29 is 17.6 Å². The highest BCUT2D eigenvalue weighted by Crippen LogP contribution is 2.15. The van der Waals surface area contributed by atoms with E-state index in [1.54, 1.807) is 0 Å². The van der Waals surface area contributed by atoms with Crippen LogP contribution < -0.4 is 5.32 Å². The molecular formula is C13H9F4N. The molecule has 0 fully saturated rings. The molecule has 0 saturated carbocycles. The molecule has 94 valence electrons. The number of hydrogen-bond donors (Lipinski definition) is 1. The molecule has 5 heteroatoms. The predicted molar refractivity (Wildman–Crippen MR) is 60.0 cm³/mol. The molecule has 0 saturated heterocycles. The summed E-state index contributed by atoms with van der Waals surface area (Å²) in [6.45, 7) is 0.0528. The lowest BCUT2D eigenvalue weighted by Gasteiger charge is -2.07. The van der Waals surface area contributed by atoms with Gasteiger partial charge in [0, 0.05) is 29.9 Å². The molecule has 0 radical (unpaired) electrons. The molecule has 2 aromatic rings. The first-order chi connectivity index (χ1) is 8.56. The quantitative estimate of drug-likeness (QED) is 0.821. The minimum atomic E-state index is -0.987. The van der Waals surface area contributed by atoms with Crippen molar-refractivity contribution in [3.8, 4) is 0 Å². The van der Waals surface area contributed by atoms with E-state index in [1.165, 1.54) is 12.1 Å². The van der Waals surface area contributed by atoms with Crippen LogP contribution in [0.1, 0.15) is 5.56 Å². The minimum Gasteiger partial charge on any atom is -0.381 e. The van der Waals surface area contributed by atoms with E-state index in [-0.39, 0.29) is 12.1 Å². The van der Waals surface area contributed by atoms with Gasteiger partial charge in [0.1, 0.15) is 11.6 Å². The maximum absolute atomic E-state index is 13.3. The smallest absolute Gasteiger partial charge is 0.160 e. The van der Waals surface area contributed by atoms with Gasteiger partial charge >= 0.3 is 0 Å². The fraction of sp³-hybridized carbons (Fsp3) is 0.0769. The highest BCUT2D eigenvalue weighted by Gasteiger charge is 2.05. The number of nitrogens with one attached hydrogen (secondary N) is 1. The van der Waals surface area contributed by atoms with E-state index in [0.717, 1.165) is 24.3 Å². The SMILES string of the molecule is Fc1ccc(CNc2ccc(F)c(F)c2)c(F)c1. The summed E-state index contributed by atoms with van der Waals surface area (Å²) in [5.41, 5.74) is 0.554. The summed E-state index contributed by atoms with van der Waals surface area (Å²) in [7, 11) is 0. The van der Waals surface area contributed by atoms with Gasteiger partial charge in [-0.2, -0.15) is 0 Å². The van der Waals surface area contributed by atoms with Gasteiger partial charge in [-0.3, -0.25) is 0 Å². The Kier molecular flexibility index (Phi) is 3.50. The molecule has 0 amide bonds. The zero-order chi connectivity index (χ0) is 13.1. The van der Waals surface area contributed by atoms with Gasteiger partial charge in [-0.1, -0.05) is 6.07 Å². The van der Waals surface area contributed by atoms with Gasteiger partial charge in [0.05, 0.1) is 0 Å². The van der Waals surface area contributed by atoms with Gasteiger partial charge in [0.2, 0.25) is 0 Å². The molecule has 0 atom stereocenters. The monoisotopic (exact) mass is 255 g/mol. The lowest BCUT2D eigenvalue weighted by molar-refractivity contribution is 0.509. The number of halogens is 4. The molecule has 2 rings (SSSR count). The second-order valence-electron chi connectivity index (χ2n) is 3.72. The Morgan fingerprint density at radius 2 is 1.56 bits per heavy atom. The predicted octanol–water partition coefficient (Wildman–Crippen LogP) is 3.86. The third-order valence-corrected chi connectivity index (χ3v) is 2.42. The fourth-order valence-corrected chi connectivity index (χ4v) is 1.47. The van der Waals surface area contributed by atoms with Crippen molar-refractivity contribution in [2.45, 2.75) is 6.54 Å². The van der Waals surface area contributed by atoms with Crippen LogP contribution in [0.15, 0.2) is 36.4 Å². The maximum Gasteiger partial charge on any atom is 0.160 e. The molecule has 0 aliphatic heterocycles. The molecule has 2 aromatic carbocycles. The van der Waals surface area contributed by atoms with Crippen LogP contribution in [0.2, 0.25) is 0 Å². The third-order valence-electron chi connectivity index (χ3n) is 2.42. The summed E-state index contributed by atoms with van der Waals surface area (Å²) >= 11 is 0. The van der Waals surface area contributed by atoms with Crippen LogP contribution in [-0.2, 0) is 6.54 Å². The Balaban J connectivity index is 2.09. The highest BCUT2D eigenvalue weighted by atomic mass is 19.2. The number of anilines is 1. The van der Waals surface area contributed by atoms with E-state index in [0.29, 0.717) is 5.69 Å². The van der Waals surface area contributed by atoms with Gasteiger partial charge in [0.25, 0.3) is 0 Å². The van der Waals surface area contributed by atoms with Crippen LogP contribution in [0.25, 0.3) is 0 Å². The maximum atomic E-state index is 13.3. The number of benzene rings is 2. The Bertz CT molecular complexity index is 569. The van der Waals surface area contributed by atoms with Crippen LogP contribution in [0, 0.1) is 23.3 Å². The van der Waals surface area contributed by atoms with Crippen molar-refractivity contribution in [3.63, 3.8) is 0 Å². The average Bonchev–Trinajstić information content (AvgIpc) is 2.32. The lowest BCUT2D eigenvalue weighted by atomic mass is 10.2. The number of rotatable bonds is 3. The Morgan fingerprint density at radius 3 is 2.22 bits per heavy atom. The van der Waals surface area contributed by atoms with E-state index in [9.17, 15) is 17.6 Å². The number of hydrogen-bond acceptors (Lipinski definition) is 1. The van der Waals surface area contributed by atoms with E-state index in [2.05, 4.69) is 5.32 Å². The average molecular weight is 255 g/mol. The third kappa shape index (κ3) is 2.80. The first-order valence-electron chi connectivity index (χ1n) is 5.19. The van der Waals surface area contributed by atoms with Crippen molar-refractivity contribution in [1.29, 1.82) is 0 Å².